The number of hydrogen-bond acceptors (Lipinski definition) is 3. The predicted octanol–water partition coefficient (Wildman–Crippen LogP) is 4.69. The first-order chi connectivity index (χ1) is 13.1. The first-order valence-electron chi connectivity index (χ1n) is 9.22. The van der Waals surface area contributed by atoms with Gasteiger partial charge in [0.2, 0.25) is 5.88 Å². The maximum atomic E-state index is 12.9. The van der Waals surface area contributed by atoms with Crippen LogP contribution < -0.4 is 0 Å². The van der Waals surface area contributed by atoms with Crippen LogP contribution in [-0.4, -0.2) is 34.0 Å². The quantitative estimate of drug-likeness (QED) is 0.717. The minimum absolute atomic E-state index is 0.143. The maximum Gasteiger partial charge on any atom is 0.259 e. The third kappa shape index (κ3) is 3.91. The Morgan fingerprint density at radius 2 is 1.81 bits per heavy atom. The fourth-order valence-corrected chi connectivity index (χ4v) is 3.85. The second-order valence-corrected chi connectivity index (χ2v) is 7.55. The minimum atomic E-state index is -0.193. The van der Waals surface area contributed by atoms with E-state index < -0.39 is 0 Å². The Balaban J connectivity index is 1.42. The number of halogens is 1. The number of hydrogen-bond donors (Lipinski definition) is 1. The normalized spacial score (nSPS) is 15.2. The summed E-state index contributed by atoms with van der Waals surface area (Å²) in [5.74, 6) is 0.219. The Bertz CT molecular complexity index is 964. The van der Waals surface area contributed by atoms with Crippen molar-refractivity contribution in [3.63, 3.8) is 0 Å². The Labute approximate surface area is 163 Å². The molecule has 1 aliphatic rings. The minimum Gasteiger partial charge on any atom is -0.493 e. The lowest BCUT2D eigenvalue weighted by Gasteiger charge is -2.32. The van der Waals surface area contributed by atoms with Crippen molar-refractivity contribution in [1.29, 1.82) is 0 Å². The highest BCUT2D eigenvalue weighted by Crippen LogP contribution is 2.27. The first-order valence-corrected chi connectivity index (χ1v) is 9.60. The van der Waals surface area contributed by atoms with Crippen LogP contribution in [-0.2, 0) is 6.42 Å². The van der Waals surface area contributed by atoms with E-state index in [0.717, 1.165) is 29.7 Å². The molecule has 2 aromatic carbocycles. The molecule has 0 spiro atoms. The Morgan fingerprint density at radius 3 is 2.56 bits per heavy atom. The molecule has 2 heterocycles. The summed E-state index contributed by atoms with van der Waals surface area (Å²) in [4.78, 5) is 18.9. The molecule has 1 saturated heterocycles. The predicted molar refractivity (Wildman–Crippen MR) is 107 cm³/mol. The standard InChI is InChI=1S/C22H21ClN2O2/c23-18-7-5-15(6-8-18)13-16-9-11-25(12-10-16)22(27)19-14-17-3-1-2-4-20(17)24-21(19)26/h1-8,14,16H,9-13H2,(H,24,26). The highest BCUT2D eigenvalue weighted by atomic mass is 35.5. The summed E-state index contributed by atoms with van der Waals surface area (Å²) in [7, 11) is 0. The first kappa shape index (κ1) is 17.8. The average molecular weight is 381 g/mol. The number of amides is 1. The second-order valence-electron chi connectivity index (χ2n) is 7.12. The van der Waals surface area contributed by atoms with E-state index in [-0.39, 0.29) is 17.4 Å². The van der Waals surface area contributed by atoms with Gasteiger partial charge in [0.1, 0.15) is 5.56 Å². The van der Waals surface area contributed by atoms with Gasteiger partial charge < -0.3 is 10.0 Å². The molecule has 138 valence electrons. The highest BCUT2D eigenvalue weighted by molar-refractivity contribution is 6.30. The topological polar surface area (TPSA) is 53.4 Å². The van der Waals surface area contributed by atoms with Gasteiger partial charge in [0.05, 0.1) is 5.52 Å². The molecule has 5 heteroatoms. The number of aromatic hydroxyl groups is 1. The van der Waals surface area contributed by atoms with Crippen molar-refractivity contribution in [1.82, 2.24) is 9.88 Å². The molecule has 0 bridgehead atoms. The zero-order chi connectivity index (χ0) is 18.8. The van der Waals surface area contributed by atoms with E-state index in [0.29, 0.717) is 24.5 Å². The van der Waals surface area contributed by atoms with E-state index in [2.05, 4.69) is 17.1 Å². The van der Waals surface area contributed by atoms with Crippen molar-refractivity contribution in [2.45, 2.75) is 19.3 Å². The fraction of sp³-hybridized carbons (Fsp3) is 0.273. The molecule has 1 fully saturated rings. The monoisotopic (exact) mass is 380 g/mol. The van der Waals surface area contributed by atoms with Crippen molar-refractivity contribution in [2.75, 3.05) is 13.1 Å². The summed E-state index contributed by atoms with van der Waals surface area (Å²) in [6, 6.07) is 17.2. The second kappa shape index (κ2) is 7.57. The van der Waals surface area contributed by atoms with Gasteiger partial charge >= 0.3 is 0 Å². The number of carbonyl (C=O) groups is 1. The van der Waals surface area contributed by atoms with Gasteiger partial charge in [0.25, 0.3) is 5.91 Å². The van der Waals surface area contributed by atoms with Gasteiger partial charge in [-0.05, 0) is 55.0 Å². The van der Waals surface area contributed by atoms with Gasteiger partial charge in [-0.2, -0.15) is 0 Å². The molecule has 1 aliphatic heterocycles. The van der Waals surface area contributed by atoms with Crippen molar-refractivity contribution < 1.29 is 9.90 Å². The zero-order valence-corrected chi connectivity index (χ0v) is 15.7. The summed E-state index contributed by atoms with van der Waals surface area (Å²) in [6.45, 7) is 1.40. The molecule has 4 nitrogen and oxygen atoms in total. The third-order valence-electron chi connectivity index (χ3n) is 5.27. The largest absolute Gasteiger partial charge is 0.493 e. The zero-order valence-electron chi connectivity index (χ0n) is 14.9. The van der Waals surface area contributed by atoms with Gasteiger partial charge in [-0.1, -0.05) is 41.9 Å². The summed E-state index contributed by atoms with van der Waals surface area (Å²) in [5, 5.41) is 11.8. The van der Waals surface area contributed by atoms with Gasteiger partial charge in [-0.3, -0.25) is 4.79 Å². The van der Waals surface area contributed by atoms with Crippen LogP contribution in [0.1, 0.15) is 28.8 Å². The van der Waals surface area contributed by atoms with E-state index in [9.17, 15) is 9.90 Å². The molecule has 1 amide bonds. The van der Waals surface area contributed by atoms with Gasteiger partial charge in [0.15, 0.2) is 0 Å². The lowest BCUT2D eigenvalue weighted by molar-refractivity contribution is 0.0687. The number of likely N-dealkylation sites (tertiary alicyclic amines) is 1. The van der Waals surface area contributed by atoms with Crippen molar-refractivity contribution in [3.8, 4) is 5.88 Å². The van der Waals surface area contributed by atoms with Crippen molar-refractivity contribution in [2.24, 2.45) is 5.92 Å². The molecule has 0 aliphatic carbocycles. The SMILES string of the molecule is O=C(c1cc2ccccc2nc1O)N1CCC(Cc2ccc(Cl)cc2)CC1. The number of rotatable bonds is 3. The smallest absolute Gasteiger partial charge is 0.259 e. The number of pyridine rings is 1. The lowest BCUT2D eigenvalue weighted by Crippen LogP contribution is -2.39. The average Bonchev–Trinajstić information content (AvgIpc) is 2.69. The highest BCUT2D eigenvalue weighted by Gasteiger charge is 2.26. The van der Waals surface area contributed by atoms with Crippen LogP contribution in [0.5, 0.6) is 5.88 Å². The van der Waals surface area contributed by atoms with Crippen LogP contribution in [0.4, 0.5) is 0 Å². The van der Waals surface area contributed by atoms with E-state index in [1.807, 2.05) is 41.3 Å². The number of nitrogens with zero attached hydrogens (tertiary/aromatic N) is 2. The molecule has 4 rings (SSSR count). The molecule has 1 aromatic heterocycles. The lowest BCUT2D eigenvalue weighted by atomic mass is 9.90. The number of aromatic nitrogens is 1. The van der Waals surface area contributed by atoms with Crippen LogP contribution in [0.3, 0.4) is 0 Å². The van der Waals surface area contributed by atoms with E-state index in [4.69, 9.17) is 11.6 Å². The van der Waals surface area contributed by atoms with Crippen molar-refractivity contribution >= 4 is 28.4 Å². The number of fused-ring (bicyclic) bond motifs is 1. The number of piperidine rings is 1. The van der Waals surface area contributed by atoms with Crippen LogP contribution in [0, 0.1) is 5.92 Å². The summed E-state index contributed by atoms with van der Waals surface area (Å²) >= 11 is 5.95. The fourth-order valence-electron chi connectivity index (χ4n) is 3.73. The van der Waals surface area contributed by atoms with Gasteiger partial charge in [-0.25, -0.2) is 4.98 Å². The van der Waals surface area contributed by atoms with Crippen molar-refractivity contribution in [3.05, 3.63) is 70.7 Å². The molecule has 0 atom stereocenters. The van der Waals surface area contributed by atoms with Gasteiger partial charge in [0, 0.05) is 23.5 Å². The van der Waals surface area contributed by atoms with Gasteiger partial charge in [-0.15, -0.1) is 0 Å². The molecular weight excluding hydrogens is 360 g/mol. The Morgan fingerprint density at radius 1 is 1.11 bits per heavy atom. The van der Waals surface area contributed by atoms with E-state index in [1.54, 1.807) is 6.07 Å². The Hall–Kier alpha value is -2.59. The summed E-state index contributed by atoms with van der Waals surface area (Å²) in [5.41, 5.74) is 2.25. The number of benzene rings is 2. The van der Waals surface area contributed by atoms with Crippen LogP contribution in [0.2, 0.25) is 5.02 Å². The number of para-hydroxylation sites is 1. The van der Waals surface area contributed by atoms with E-state index in [1.165, 1.54) is 5.56 Å². The summed E-state index contributed by atoms with van der Waals surface area (Å²) < 4.78 is 0. The number of carbonyl (C=O) groups excluding carboxylic acids is 1. The molecular formula is C22H21ClN2O2. The molecule has 1 N–H and O–H groups in total. The molecule has 0 saturated carbocycles. The van der Waals surface area contributed by atoms with Crippen LogP contribution >= 0.6 is 11.6 Å². The van der Waals surface area contributed by atoms with Crippen LogP contribution in [0.15, 0.2) is 54.6 Å². The summed E-state index contributed by atoms with van der Waals surface area (Å²) in [6.07, 6.45) is 2.91. The molecule has 3 aromatic rings. The molecule has 0 unspecified atom stereocenters. The third-order valence-corrected chi connectivity index (χ3v) is 5.53. The van der Waals surface area contributed by atoms with E-state index >= 15 is 0 Å². The Kier molecular flexibility index (Phi) is 4.99. The molecule has 27 heavy (non-hydrogen) atoms. The maximum absolute atomic E-state index is 12.9. The molecule has 0 radical (unpaired) electrons. The van der Waals surface area contributed by atoms with Crippen LogP contribution in [0.25, 0.3) is 10.9 Å².